The third-order valence-electron chi connectivity index (χ3n) is 3.22. The highest BCUT2D eigenvalue weighted by molar-refractivity contribution is 9.10. The third kappa shape index (κ3) is 2.90. The number of hydrogen-bond acceptors (Lipinski definition) is 1. The number of rotatable bonds is 2. The van der Waals surface area contributed by atoms with Crippen molar-refractivity contribution in [1.29, 1.82) is 0 Å². The van der Waals surface area contributed by atoms with E-state index in [-0.39, 0.29) is 5.91 Å². The third-order valence-corrected chi connectivity index (χ3v) is 3.83. The molecular formula is C16H15BrFNO. The summed E-state index contributed by atoms with van der Waals surface area (Å²) in [5.41, 5.74) is 3.72. The van der Waals surface area contributed by atoms with E-state index in [1.807, 2.05) is 39.0 Å². The van der Waals surface area contributed by atoms with Crippen LogP contribution in [-0.4, -0.2) is 5.91 Å². The minimum Gasteiger partial charge on any atom is -0.322 e. The molecule has 0 aliphatic rings. The smallest absolute Gasteiger partial charge is 0.256 e. The maximum absolute atomic E-state index is 13.6. The SMILES string of the molecule is Cc1cc(Br)c(F)cc1NC(=O)c1c(C)cccc1C. The van der Waals surface area contributed by atoms with Crippen LogP contribution in [0.25, 0.3) is 0 Å². The number of carbonyl (C=O) groups is 1. The first kappa shape index (κ1) is 14.7. The maximum Gasteiger partial charge on any atom is 0.256 e. The number of nitrogens with one attached hydrogen (secondary N) is 1. The molecule has 0 spiro atoms. The van der Waals surface area contributed by atoms with E-state index in [0.717, 1.165) is 16.7 Å². The Hall–Kier alpha value is -1.68. The quantitative estimate of drug-likeness (QED) is 0.841. The van der Waals surface area contributed by atoms with Crippen LogP contribution in [0.15, 0.2) is 34.8 Å². The number of hydrogen-bond donors (Lipinski definition) is 1. The molecule has 4 heteroatoms. The summed E-state index contributed by atoms with van der Waals surface area (Å²) in [4.78, 5) is 12.4. The van der Waals surface area contributed by atoms with Gasteiger partial charge in [0.15, 0.2) is 0 Å². The van der Waals surface area contributed by atoms with Gasteiger partial charge in [-0.05, 0) is 65.5 Å². The van der Waals surface area contributed by atoms with Gasteiger partial charge in [-0.25, -0.2) is 4.39 Å². The number of halogens is 2. The Bertz CT molecular complexity index is 662. The summed E-state index contributed by atoms with van der Waals surface area (Å²) < 4.78 is 14.0. The van der Waals surface area contributed by atoms with Crippen molar-refractivity contribution in [2.24, 2.45) is 0 Å². The van der Waals surface area contributed by atoms with Crippen LogP contribution >= 0.6 is 15.9 Å². The molecule has 0 radical (unpaired) electrons. The van der Waals surface area contributed by atoms with Gasteiger partial charge >= 0.3 is 0 Å². The molecule has 20 heavy (non-hydrogen) atoms. The van der Waals surface area contributed by atoms with Crippen LogP contribution in [0.2, 0.25) is 0 Å². The molecule has 0 atom stereocenters. The molecule has 0 saturated carbocycles. The Labute approximate surface area is 126 Å². The van der Waals surface area contributed by atoms with Crippen LogP contribution in [0.5, 0.6) is 0 Å². The Kier molecular flexibility index (Phi) is 4.23. The summed E-state index contributed by atoms with van der Waals surface area (Å²) in [5.74, 6) is -0.613. The van der Waals surface area contributed by atoms with Crippen LogP contribution in [0.3, 0.4) is 0 Å². The van der Waals surface area contributed by atoms with Crippen molar-refractivity contribution < 1.29 is 9.18 Å². The lowest BCUT2D eigenvalue weighted by atomic mass is 10.0. The zero-order valence-corrected chi connectivity index (χ0v) is 13.1. The van der Waals surface area contributed by atoms with Crippen molar-refractivity contribution in [3.05, 3.63) is 62.9 Å². The second-order valence-corrected chi connectivity index (χ2v) is 5.66. The fraction of sp³-hybridized carbons (Fsp3) is 0.188. The number of anilines is 1. The van der Waals surface area contributed by atoms with Gasteiger partial charge in [0.05, 0.1) is 4.47 Å². The van der Waals surface area contributed by atoms with Gasteiger partial charge < -0.3 is 5.32 Å². The van der Waals surface area contributed by atoms with Crippen molar-refractivity contribution in [3.63, 3.8) is 0 Å². The highest BCUT2D eigenvalue weighted by atomic mass is 79.9. The van der Waals surface area contributed by atoms with Gasteiger partial charge in [0.25, 0.3) is 5.91 Å². The Balaban J connectivity index is 2.35. The molecule has 1 N–H and O–H groups in total. The fourth-order valence-corrected chi connectivity index (χ4v) is 2.60. The summed E-state index contributed by atoms with van der Waals surface area (Å²) in [6, 6.07) is 8.65. The average Bonchev–Trinajstić information content (AvgIpc) is 2.35. The number of benzene rings is 2. The summed E-state index contributed by atoms with van der Waals surface area (Å²) >= 11 is 3.13. The van der Waals surface area contributed by atoms with Gasteiger partial charge in [-0.3, -0.25) is 4.79 Å². The highest BCUT2D eigenvalue weighted by Crippen LogP contribution is 2.25. The van der Waals surface area contributed by atoms with E-state index in [9.17, 15) is 9.18 Å². The molecule has 104 valence electrons. The van der Waals surface area contributed by atoms with Crippen molar-refractivity contribution >= 4 is 27.5 Å². The molecule has 2 aromatic carbocycles. The largest absolute Gasteiger partial charge is 0.322 e. The first-order chi connectivity index (χ1) is 9.40. The summed E-state index contributed by atoms with van der Waals surface area (Å²) in [7, 11) is 0. The summed E-state index contributed by atoms with van der Waals surface area (Å²) in [6.07, 6.45) is 0. The van der Waals surface area contributed by atoms with Gasteiger partial charge in [0.2, 0.25) is 0 Å². The number of amides is 1. The minimum atomic E-state index is -0.396. The van der Waals surface area contributed by atoms with Gasteiger partial charge in [0, 0.05) is 11.3 Å². The topological polar surface area (TPSA) is 29.1 Å². The van der Waals surface area contributed by atoms with Crippen molar-refractivity contribution in [3.8, 4) is 0 Å². The number of carbonyl (C=O) groups excluding carboxylic acids is 1. The van der Waals surface area contributed by atoms with E-state index in [0.29, 0.717) is 15.7 Å². The van der Waals surface area contributed by atoms with Crippen LogP contribution in [0, 0.1) is 26.6 Å². The highest BCUT2D eigenvalue weighted by Gasteiger charge is 2.14. The van der Waals surface area contributed by atoms with Gasteiger partial charge in [-0.2, -0.15) is 0 Å². The Morgan fingerprint density at radius 3 is 2.30 bits per heavy atom. The predicted octanol–water partition coefficient (Wildman–Crippen LogP) is 4.77. The monoisotopic (exact) mass is 335 g/mol. The molecular weight excluding hydrogens is 321 g/mol. The fourth-order valence-electron chi connectivity index (χ4n) is 2.14. The van der Waals surface area contributed by atoms with E-state index >= 15 is 0 Å². The molecule has 0 fully saturated rings. The zero-order chi connectivity index (χ0) is 14.9. The van der Waals surface area contributed by atoms with Crippen LogP contribution < -0.4 is 5.32 Å². The molecule has 0 aromatic heterocycles. The molecule has 2 rings (SSSR count). The molecule has 2 nitrogen and oxygen atoms in total. The Morgan fingerprint density at radius 1 is 1.10 bits per heavy atom. The molecule has 0 saturated heterocycles. The standard InChI is InChI=1S/C16H15BrFNO/c1-9-5-4-6-10(2)15(9)16(20)19-14-8-13(18)12(17)7-11(14)3/h4-8H,1-3H3,(H,19,20). The van der Waals surface area contributed by atoms with Crippen LogP contribution in [0.1, 0.15) is 27.0 Å². The van der Waals surface area contributed by atoms with Crippen molar-refractivity contribution in [2.75, 3.05) is 5.32 Å². The molecule has 0 unspecified atom stereocenters. The molecule has 0 bridgehead atoms. The molecule has 0 heterocycles. The summed E-state index contributed by atoms with van der Waals surface area (Å²) in [6.45, 7) is 5.60. The lowest BCUT2D eigenvalue weighted by Crippen LogP contribution is -2.15. The molecule has 0 aliphatic carbocycles. The Morgan fingerprint density at radius 2 is 1.70 bits per heavy atom. The van der Waals surface area contributed by atoms with E-state index in [2.05, 4.69) is 21.2 Å². The summed E-state index contributed by atoms with van der Waals surface area (Å²) in [5, 5.41) is 2.78. The minimum absolute atomic E-state index is 0.217. The van der Waals surface area contributed by atoms with E-state index in [1.54, 1.807) is 6.07 Å². The van der Waals surface area contributed by atoms with E-state index in [4.69, 9.17) is 0 Å². The predicted molar refractivity (Wildman–Crippen MR) is 82.7 cm³/mol. The lowest BCUT2D eigenvalue weighted by molar-refractivity contribution is 0.102. The first-order valence-corrected chi connectivity index (χ1v) is 7.02. The second-order valence-electron chi connectivity index (χ2n) is 4.80. The second kappa shape index (κ2) is 5.75. The van der Waals surface area contributed by atoms with Crippen molar-refractivity contribution in [2.45, 2.75) is 20.8 Å². The van der Waals surface area contributed by atoms with E-state index in [1.165, 1.54) is 6.07 Å². The first-order valence-electron chi connectivity index (χ1n) is 6.23. The normalized spacial score (nSPS) is 10.4. The van der Waals surface area contributed by atoms with E-state index < -0.39 is 5.82 Å². The van der Waals surface area contributed by atoms with Crippen LogP contribution in [-0.2, 0) is 0 Å². The molecule has 1 amide bonds. The molecule has 0 aliphatic heterocycles. The number of aryl methyl sites for hydroxylation is 3. The van der Waals surface area contributed by atoms with Gasteiger partial charge in [-0.15, -0.1) is 0 Å². The van der Waals surface area contributed by atoms with Crippen molar-refractivity contribution in [1.82, 2.24) is 0 Å². The van der Waals surface area contributed by atoms with Gasteiger partial charge in [0.1, 0.15) is 5.82 Å². The molecule has 2 aromatic rings. The lowest BCUT2D eigenvalue weighted by Gasteiger charge is -2.12. The maximum atomic E-state index is 13.6. The average molecular weight is 336 g/mol. The zero-order valence-electron chi connectivity index (χ0n) is 11.6. The van der Waals surface area contributed by atoms with Gasteiger partial charge in [-0.1, -0.05) is 18.2 Å². The van der Waals surface area contributed by atoms with Crippen LogP contribution in [0.4, 0.5) is 10.1 Å².